The SMILES string of the molecule is O.[CH2-]CCC.[CH2-]CCC.[CH2-]CCC.[CH2-]CCC.[Zr+4]. The van der Waals surface area contributed by atoms with Crippen LogP contribution in [0.5, 0.6) is 0 Å². The molecule has 0 aromatic rings. The van der Waals surface area contributed by atoms with Crippen LogP contribution in [0.2, 0.25) is 0 Å². The Labute approximate surface area is 138 Å². The maximum Gasteiger partial charge on any atom is 4.00 e. The van der Waals surface area contributed by atoms with E-state index in [0.29, 0.717) is 0 Å². The molecule has 0 saturated carbocycles. The van der Waals surface area contributed by atoms with Gasteiger partial charge in [-0.05, 0) is 0 Å². The van der Waals surface area contributed by atoms with E-state index < -0.39 is 0 Å². The van der Waals surface area contributed by atoms with E-state index >= 15 is 0 Å². The molecule has 0 atom stereocenters. The van der Waals surface area contributed by atoms with Crippen LogP contribution in [0.1, 0.15) is 79.1 Å². The van der Waals surface area contributed by atoms with Gasteiger partial charge in [-0.15, -0.1) is 0 Å². The second kappa shape index (κ2) is 64.7. The van der Waals surface area contributed by atoms with Crippen molar-refractivity contribution in [3.63, 3.8) is 0 Å². The fourth-order valence-electron chi connectivity index (χ4n) is 0. The molecule has 0 amide bonds. The summed E-state index contributed by atoms with van der Waals surface area (Å²) in [4.78, 5) is 0. The fraction of sp³-hybridized carbons (Fsp3) is 0.750. The van der Waals surface area contributed by atoms with Crippen LogP contribution in [0.4, 0.5) is 0 Å². The van der Waals surface area contributed by atoms with Crippen LogP contribution in [-0.2, 0) is 26.2 Å². The van der Waals surface area contributed by atoms with E-state index in [1.165, 1.54) is 25.7 Å². The molecule has 1 nitrogen and oxygen atoms in total. The average Bonchev–Trinajstić information content (AvgIpc) is 2.39. The topological polar surface area (TPSA) is 31.5 Å². The summed E-state index contributed by atoms with van der Waals surface area (Å²) >= 11 is 0. The van der Waals surface area contributed by atoms with E-state index in [9.17, 15) is 0 Å². The van der Waals surface area contributed by atoms with Crippen molar-refractivity contribution in [2.24, 2.45) is 0 Å². The summed E-state index contributed by atoms with van der Waals surface area (Å²) in [5.74, 6) is 0. The third-order valence-electron chi connectivity index (χ3n) is 1.41. The van der Waals surface area contributed by atoms with Gasteiger partial charge in [0.1, 0.15) is 0 Å². The van der Waals surface area contributed by atoms with E-state index in [0.717, 1.165) is 25.7 Å². The molecular formula is C16H38OZr. The first-order valence-electron chi connectivity index (χ1n) is 6.83. The summed E-state index contributed by atoms with van der Waals surface area (Å²) in [5, 5.41) is 0. The molecule has 112 valence electrons. The molecule has 18 heavy (non-hydrogen) atoms. The van der Waals surface area contributed by atoms with Crippen LogP contribution in [0, 0.1) is 27.7 Å². The Morgan fingerprint density at radius 3 is 0.556 bits per heavy atom. The fourth-order valence-corrected chi connectivity index (χ4v) is 0. The van der Waals surface area contributed by atoms with Gasteiger partial charge in [-0.1, -0.05) is 53.4 Å². The van der Waals surface area contributed by atoms with E-state index in [4.69, 9.17) is 0 Å². The molecule has 0 aromatic carbocycles. The van der Waals surface area contributed by atoms with Crippen molar-refractivity contribution in [1.29, 1.82) is 0 Å². The molecule has 0 spiro atoms. The minimum atomic E-state index is 0. The maximum absolute atomic E-state index is 3.60. The summed E-state index contributed by atoms with van der Waals surface area (Å²) in [6.07, 6.45) is 9.11. The molecule has 0 aromatic heterocycles. The second-order valence-corrected chi connectivity index (χ2v) is 3.41. The van der Waals surface area contributed by atoms with Crippen LogP contribution in [-0.4, -0.2) is 5.48 Å². The van der Waals surface area contributed by atoms with Crippen LogP contribution in [0.3, 0.4) is 0 Å². The van der Waals surface area contributed by atoms with Crippen molar-refractivity contribution in [1.82, 2.24) is 0 Å². The van der Waals surface area contributed by atoms with Gasteiger partial charge in [-0.3, -0.25) is 0 Å². The first-order chi connectivity index (χ1) is 7.66. The Bertz CT molecular complexity index is 35.1. The van der Waals surface area contributed by atoms with Crippen LogP contribution >= 0.6 is 0 Å². The summed E-state index contributed by atoms with van der Waals surface area (Å²) in [7, 11) is 0. The summed E-state index contributed by atoms with van der Waals surface area (Å²) in [6, 6.07) is 0. The Morgan fingerprint density at radius 2 is 0.556 bits per heavy atom. The zero-order chi connectivity index (χ0) is 13.7. The van der Waals surface area contributed by atoms with Crippen molar-refractivity contribution < 1.29 is 31.7 Å². The van der Waals surface area contributed by atoms with Gasteiger partial charge in [0, 0.05) is 0 Å². The molecule has 0 saturated heterocycles. The van der Waals surface area contributed by atoms with E-state index in [1.54, 1.807) is 0 Å². The second-order valence-electron chi connectivity index (χ2n) is 3.41. The number of unbranched alkanes of at least 4 members (excludes halogenated alkanes) is 4. The Kier molecular flexibility index (Phi) is 131. The zero-order valence-electron chi connectivity index (χ0n) is 13.5. The molecule has 0 heterocycles. The van der Waals surface area contributed by atoms with E-state index in [1.807, 2.05) is 0 Å². The van der Waals surface area contributed by atoms with E-state index in [2.05, 4.69) is 55.4 Å². The number of hydrogen-bond donors (Lipinski definition) is 0. The van der Waals surface area contributed by atoms with Gasteiger partial charge in [0.05, 0.1) is 0 Å². The Hall–Kier alpha value is 0.843. The predicted molar refractivity (Wildman–Crippen MR) is 84.7 cm³/mol. The molecule has 2 heteroatoms. The van der Waals surface area contributed by atoms with Gasteiger partial charge in [-0.25, -0.2) is 0 Å². The smallest absolute Gasteiger partial charge is 0.412 e. The largest absolute Gasteiger partial charge is 4.00 e. The quantitative estimate of drug-likeness (QED) is 0.593. The first kappa shape index (κ1) is 36.4. The standard InChI is InChI=1S/4C4H9.H2O.Zr/c4*1-3-4-2;;/h4*1,3-4H2,2H3;1H2;/q4*-1;;+4. The average molecular weight is 338 g/mol. The molecule has 0 fully saturated rings. The molecule has 0 unspecified atom stereocenters. The Morgan fingerprint density at radius 1 is 0.500 bits per heavy atom. The zero-order valence-corrected chi connectivity index (χ0v) is 15.9. The summed E-state index contributed by atoms with van der Waals surface area (Å²) in [5.41, 5.74) is 0. The van der Waals surface area contributed by atoms with Gasteiger partial charge in [-0.2, -0.15) is 25.7 Å². The number of rotatable bonds is 4. The maximum atomic E-state index is 3.60. The van der Waals surface area contributed by atoms with Crippen molar-refractivity contribution in [3.05, 3.63) is 27.7 Å². The van der Waals surface area contributed by atoms with Crippen LogP contribution < -0.4 is 0 Å². The molecule has 2 N–H and O–H groups in total. The molecule has 0 bridgehead atoms. The normalized spacial score (nSPS) is 6.67. The van der Waals surface area contributed by atoms with Crippen molar-refractivity contribution in [2.75, 3.05) is 0 Å². The minimum absolute atomic E-state index is 0. The van der Waals surface area contributed by atoms with Gasteiger partial charge < -0.3 is 33.2 Å². The summed E-state index contributed by atoms with van der Waals surface area (Å²) in [6.45, 7) is 22.9. The Balaban J connectivity index is -0.0000000257. The molecular weight excluding hydrogens is 299 g/mol. The predicted octanol–water partition coefficient (Wildman–Crippen LogP) is 5.66. The van der Waals surface area contributed by atoms with Crippen molar-refractivity contribution in [3.8, 4) is 0 Å². The van der Waals surface area contributed by atoms with E-state index in [-0.39, 0.29) is 31.7 Å². The third-order valence-corrected chi connectivity index (χ3v) is 1.41. The van der Waals surface area contributed by atoms with Crippen LogP contribution in [0.15, 0.2) is 0 Å². The van der Waals surface area contributed by atoms with Crippen molar-refractivity contribution >= 4 is 0 Å². The summed E-state index contributed by atoms with van der Waals surface area (Å²) < 4.78 is 0. The van der Waals surface area contributed by atoms with Gasteiger partial charge >= 0.3 is 26.2 Å². The molecule has 0 radical (unpaired) electrons. The molecule has 0 rings (SSSR count). The van der Waals surface area contributed by atoms with Gasteiger partial charge in [0.25, 0.3) is 0 Å². The minimum Gasteiger partial charge on any atom is -0.412 e. The first-order valence-corrected chi connectivity index (χ1v) is 6.83. The van der Waals surface area contributed by atoms with Gasteiger partial charge in [0.2, 0.25) is 0 Å². The molecule has 0 aliphatic carbocycles. The van der Waals surface area contributed by atoms with Crippen molar-refractivity contribution in [2.45, 2.75) is 79.1 Å². The monoisotopic (exact) mass is 336 g/mol. The van der Waals surface area contributed by atoms with Crippen LogP contribution in [0.25, 0.3) is 0 Å². The molecule has 0 aliphatic rings. The third kappa shape index (κ3) is 180. The van der Waals surface area contributed by atoms with Gasteiger partial charge in [0.15, 0.2) is 0 Å². The number of hydrogen-bond acceptors (Lipinski definition) is 0. The molecule has 0 aliphatic heterocycles.